The summed E-state index contributed by atoms with van der Waals surface area (Å²) >= 11 is 0. The van der Waals surface area contributed by atoms with Crippen molar-refractivity contribution in [3.05, 3.63) is 68.5 Å². The first kappa shape index (κ1) is 16.2. The van der Waals surface area contributed by atoms with Gasteiger partial charge in [-0.05, 0) is 19.4 Å². The molecule has 1 aromatic carbocycles. The second-order valence-electron chi connectivity index (χ2n) is 5.86. The highest BCUT2D eigenvalue weighted by Crippen LogP contribution is 2.11. The van der Waals surface area contributed by atoms with E-state index < -0.39 is 0 Å². The van der Waals surface area contributed by atoms with Crippen molar-refractivity contribution in [2.24, 2.45) is 14.1 Å². The third kappa shape index (κ3) is 3.54. The summed E-state index contributed by atoms with van der Waals surface area (Å²) in [6, 6.07) is 12.0. The van der Waals surface area contributed by atoms with Crippen molar-refractivity contribution in [1.82, 2.24) is 14.0 Å². The van der Waals surface area contributed by atoms with Gasteiger partial charge < -0.3 is 0 Å². The largest absolute Gasteiger partial charge is 0.330 e. The van der Waals surface area contributed by atoms with E-state index in [2.05, 4.69) is 30.9 Å². The van der Waals surface area contributed by atoms with E-state index in [1.165, 1.54) is 12.6 Å². The van der Waals surface area contributed by atoms with Crippen LogP contribution in [0.15, 0.2) is 46.0 Å². The quantitative estimate of drug-likeness (QED) is 0.841. The normalized spacial score (nSPS) is 11.4. The van der Waals surface area contributed by atoms with Crippen LogP contribution in [0.25, 0.3) is 0 Å². The van der Waals surface area contributed by atoms with E-state index in [0.29, 0.717) is 12.6 Å². The molecule has 0 radical (unpaired) electrons. The standard InChI is InChI=1S/C17H23N3O2/c1-13(2)20(11-14-8-6-5-7-9-14)12-15-10-16(21)19(4)17(22)18(15)3/h5-10,13H,11-12H2,1-4H3. The summed E-state index contributed by atoms with van der Waals surface area (Å²) in [4.78, 5) is 26.1. The van der Waals surface area contributed by atoms with E-state index in [1.807, 2.05) is 18.2 Å². The Kier molecular flexibility index (Phi) is 4.98. The predicted molar refractivity (Wildman–Crippen MR) is 87.7 cm³/mol. The Morgan fingerprint density at radius 1 is 1.00 bits per heavy atom. The molecule has 0 amide bonds. The van der Waals surface area contributed by atoms with Gasteiger partial charge in [0.15, 0.2) is 0 Å². The van der Waals surface area contributed by atoms with Crippen molar-refractivity contribution in [2.45, 2.75) is 33.0 Å². The molecule has 0 saturated heterocycles. The summed E-state index contributed by atoms with van der Waals surface area (Å²) in [5, 5.41) is 0. The van der Waals surface area contributed by atoms with Gasteiger partial charge >= 0.3 is 5.69 Å². The number of benzene rings is 1. The Hall–Kier alpha value is -2.14. The maximum absolute atomic E-state index is 12.0. The first-order valence-corrected chi connectivity index (χ1v) is 7.44. The van der Waals surface area contributed by atoms with Crippen LogP contribution in [-0.2, 0) is 27.2 Å². The van der Waals surface area contributed by atoms with Gasteiger partial charge in [0.25, 0.3) is 5.56 Å². The van der Waals surface area contributed by atoms with Gasteiger partial charge in [-0.2, -0.15) is 0 Å². The van der Waals surface area contributed by atoms with E-state index >= 15 is 0 Å². The highest BCUT2D eigenvalue weighted by molar-refractivity contribution is 5.15. The van der Waals surface area contributed by atoms with Crippen LogP contribution in [0.2, 0.25) is 0 Å². The Bertz CT molecular complexity index is 745. The lowest BCUT2D eigenvalue weighted by Crippen LogP contribution is -2.40. The molecular formula is C17H23N3O2. The highest BCUT2D eigenvalue weighted by atomic mass is 16.2. The van der Waals surface area contributed by atoms with Crippen molar-refractivity contribution in [3.8, 4) is 0 Å². The Balaban J connectivity index is 2.29. The maximum Gasteiger partial charge on any atom is 0.330 e. The zero-order chi connectivity index (χ0) is 16.3. The van der Waals surface area contributed by atoms with Crippen LogP contribution in [0, 0.1) is 0 Å². The first-order valence-electron chi connectivity index (χ1n) is 7.44. The second-order valence-corrected chi connectivity index (χ2v) is 5.86. The Morgan fingerprint density at radius 3 is 2.23 bits per heavy atom. The molecule has 5 heteroatoms. The number of rotatable bonds is 5. The van der Waals surface area contributed by atoms with Crippen LogP contribution in [0.4, 0.5) is 0 Å². The molecule has 0 fully saturated rings. The molecule has 0 N–H and O–H groups in total. The zero-order valence-corrected chi connectivity index (χ0v) is 13.6. The first-order chi connectivity index (χ1) is 10.4. The number of aromatic nitrogens is 2. The van der Waals surface area contributed by atoms with Crippen molar-refractivity contribution in [3.63, 3.8) is 0 Å². The number of hydrogen-bond donors (Lipinski definition) is 0. The summed E-state index contributed by atoms with van der Waals surface area (Å²) in [6.07, 6.45) is 0. The van der Waals surface area contributed by atoms with Gasteiger partial charge in [0, 0.05) is 45.0 Å². The average molecular weight is 301 g/mol. The SMILES string of the molecule is CC(C)N(Cc1ccccc1)Cc1cc(=O)n(C)c(=O)n1C. The molecule has 0 aliphatic rings. The fourth-order valence-corrected chi connectivity index (χ4v) is 2.38. The van der Waals surface area contributed by atoms with Crippen LogP contribution in [0.3, 0.4) is 0 Å². The molecule has 2 rings (SSSR count). The van der Waals surface area contributed by atoms with Gasteiger partial charge in [-0.3, -0.25) is 18.8 Å². The van der Waals surface area contributed by atoms with Gasteiger partial charge in [-0.15, -0.1) is 0 Å². The van der Waals surface area contributed by atoms with Crippen LogP contribution in [0.5, 0.6) is 0 Å². The van der Waals surface area contributed by atoms with Gasteiger partial charge in [-0.25, -0.2) is 4.79 Å². The average Bonchev–Trinajstić information content (AvgIpc) is 2.50. The fourth-order valence-electron chi connectivity index (χ4n) is 2.38. The fraction of sp³-hybridized carbons (Fsp3) is 0.412. The smallest absolute Gasteiger partial charge is 0.299 e. The van der Waals surface area contributed by atoms with Crippen LogP contribution in [0.1, 0.15) is 25.1 Å². The Labute approximate surface area is 130 Å². The zero-order valence-electron chi connectivity index (χ0n) is 13.6. The van der Waals surface area contributed by atoms with Crippen LogP contribution >= 0.6 is 0 Å². The molecule has 1 heterocycles. The minimum atomic E-state index is -0.286. The lowest BCUT2D eigenvalue weighted by molar-refractivity contribution is 0.198. The molecule has 0 saturated carbocycles. The van der Waals surface area contributed by atoms with Crippen molar-refractivity contribution >= 4 is 0 Å². The third-order valence-electron chi connectivity index (χ3n) is 3.95. The van der Waals surface area contributed by atoms with Crippen LogP contribution in [-0.4, -0.2) is 20.1 Å². The molecule has 2 aromatic rings. The predicted octanol–water partition coefficient (Wildman–Crippen LogP) is 1.49. The van der Waals surface area contributed by atoms with Crippen molar-refractivity contribution in [2.75, 3.05) is 0 Å². The summed E-state index contributed by atoms with van der Waals surface area (Å²) in [6.45, 7) is 5.57. The second kappa shape index (κ2) is 6.75. The third-order valence-corrected chi connectivity index (χ3v) is 3.95. The monoisotopic (exact) mass is 301 g/mol. The minimum Gasteiger partial charge on any atom is -0.299 e. The van der Waals surface area contributed by atoms with Crippen molar-refractivity contribution < 1.29 is 0 Å². The van der Waals surface area contributed by atoms with Crippen LogP contribution < -0.4 is 11.2 Å². The number of hydrogen-bond acceptors (Lipinski definition) is 3. The lowest BCUT2D eigenvalue weighted by Gasteiger charge is -2.27. The Morgan fingerprint density at radius 2 is 1.64 bits per heavy atom. The van der Waals surface area contributed by atoms with Gasteiger partial charge in [0.05, 0.1) is 0 Å². The molecule has 0 aliphatic heterocycles. The minimum absolute atomic E-state index is 0.262. The molecule has 1 aromatic heterocycles. The van der Waals surface area contributed by atoms with E-state index in [9.17, 15) is 9.59 Å². The summed E-state index contributed by atoms with van der Waals surface area (Å²) in [5.74, 6) is 0. The molecule has 22 heavy (non-hydrogen) atoms. The maximum atomic E-state index is 12.0. The highest BCUT2D eigenvalue weighted by Gasteiger charge is 2.14. The summed E-state index contributed by atoms with van der Waals surface area (Å²) in [5.41, 5.74) is 1.40. The van der Waals surface area contributed by atoms with Crippen molar-refractivity contribution in [1.29, 1.82) is 0 Å². The topological polar surface area (TPSA) is 47.2 Å². The molecule has 5 nitrogen and oxygen atoms in total. The molecule has 0 unspecified atom stereocenters. The molecule has 0 spiro atoms. The van der Waals surface area contributed by atoms with E-state index in [1.54, 1.807) is 17.7 Å². The molecule has 0 bridgehead atoms. The van der Waals surface area contributed by atoms with Gasteiger partial charge in [0.2, 0.25) is 0 Å². The van der Waals surface area contributed by atoms with Gasteiger partial charge in [-0.1, -0.05) is 30.3 Å². The summed E-state index contributed by atoms with van der Waals surface area (Å²) < 4.78 is 2.67. The van der Waals surface area contributed by atoms with E-state index in [0.717, 1.165) is 16.8 Å². The molecule has 0 atom stereocenters. The van der Waals surface area contributed by atoms with E-state index in [4.69, 9.17) is 0 Å². The lowest BCUT2D eigenvalue weighted by atomic mass is 10.2. The molecule has 118 valence electrons. The van der Waals surface area contributed by atoms with E-state index in [-0.39, 0.29) is 11.2 Å². The molecule has 0 aliphatic carbocycles. The molecular weight excluding hydrogens is 278 g/mol. The van der Waals surface area contributed by atoms with Gasteiger partial charge in [0.1, 0.15) is 0 Å². The number of nitrogens with zero attached hydrogens (tertiary/aromatic N) is 3. The summed E-state index contributed by atoms with van der Waals surface area (Å²) in [7, 11) is 3.21.